The van der Waals surface area contributed by atoms with E-state index < -0.39 is 0 Å². The van der Waals surface area contributed by atoms with Gasteiger partial charge in [0.1, 0.15) is 6.54 Å². The van der Waals surface area contributed by atoms with Crippen LogP contribution in [0.5, 0.6) is 23.0 Å². The summed E-state index contributed by atoms with van der Waals surface area (Å²) in [6.45, 7) is 0.889. The molecular weight excluding hydrogens is 489 g/mol. The Kier molecular flexibility index (Phi) is 7.61. The summed E-state index contributed by atoms with van der Waals surface area (Å²) in [6.07, 6.45) is 1.69. The highest BCUT2D eigenvalue weighted by Crippen LogP contribution is 2.34. The van der Waals surface area contributed by atoms with Gasteiger partial charge in [-0.15, -0.1) is 0 Å². The number of ether oxygens (including phenoxy) is 2. The zero-order valence-corrected chi connectivity index (χ0v) is 18.2. The fourth-order valence-corrected chi connectivity index (χ4v) is 3.52. The Morgan fingerprint density at radius 1 is 0.923 bits per heavy atom. The lowest BCUT2D eigenvalue weighted by Gasteiger charge is -2.16. The van der Waals surface area contributed by atoms with E-state index in [0.29, 0.717) is 17.2 Å². The highest BCUT2D eigenvalue weighted by molar-refractivity contribution is 9.06. The summed E-state index contributed by atoms with van der Waals surface area (Å²) in [4.78, 5) is 3.50. The molecule has 0 aliphatic carbocycles. The number of hydrogen-bond donors (Lipinski definition) is 1. The first-order chi connectivity index (χ1) is 12.2. The summed E-state index contributed by atoms with van der Waals surface area (Å²) in [5.74, 6) is 2.71. The quantitative estimate of drug-likeness (QED) is 0.587. The Hall–Kier alpha value is -1.44. The van der Waals surface area contributed by atoms with Crippen LogP contribution in [-0.2, 0) is 12.8 Å². The predicted molar refractivity (Wildman–Crippen MR) is 102 cm³/mol. The number of benzene rings is 2. The van der Waals surface area contributed by atoms with Crippen LogP contribution in [0.3, 0.4) is 0 Å². The van der Waals surface area contributed by atoms with Crippen molar-refractivity contribution in [1.29, 1.82) is 0 Å². The maximum Gasteiger partial charge on any atom is 0.186 e. The van der Waals surface area contributed by atoms with Crippen molar-refractivity contribution >= 4 is 38.2 Å². The summed E-state index contributed by atoms with van der Waals surface area (Å²) in [7, 11) is 3.27. The van der Waals surface area contributed by atoms with Crippen LogP contribution in [0.1, 0.15) is 16.7 Å². The van der Waals surface area contributed by atoms with Crippen LogP contribution in [0.15, 0.2) is 30.3 Å². The summed E-state index contributed by atoms with van der Waals surface area (Å²) in [6, 6.07) is 9.92. The minimum atomic E-state index is 0. The second-order valence-electron chi connectivity index (χ2n) is 5.63. The summed E-state index contributed by atoms with van der Waals surface area (Å²) in [5.41, 5.74) is 4.65. The molecule has 140 valence electrons. The molecule has 26 heavy (non-hydrogen) atoms. The number of rotatable bonds is 6. The average Bonchev–Trinajstić information content (AvgIpc) is 2.66. The second-order valence-corrected chi connectivity index (χ2v) is 6.28. The van der Waals surface area contributed by atoms with Crippen LogP contribution in [-0.4, -0.2) is 26.5 Å². The van der Waals surface area contributed by atoms with Gasteiger partial charge in [0.05, 0.1) is 20.6 Å². The van der Waals surface area contributed by atoms with Gasteiger partial charge in [0.15, 0.2) is 61.2 Å². The van der Waals surface area contributed by atoms with Crippen molar-refractivity contribution < 1.29 is 34.5 Å². The van der Waals surface area contributed by atoms with Crippen LogP contribution < -0.4 is 34.5 Å². The highest BCUT2D eigenvalue weighted by Gasteiger charge is 2.23. The molecule has 2 aromatic carbocycles. The monoisotopic (exact) mass is 505 g/mol. The van der Waals surface area contributed by atoms with Gasteiger partial charge in [-0.3, -0.25) is 0 Å². The number of methoxy groups -OCH3 is 2. The summed E-state index contributed by atoms with van der Waals surface area (Å²) < 4.78 is 21.2. The van der Waals surface area contributed by atoms with Gasteiger partial charge in [-0.05, 0) is 35.4 Å². The minimum Gasteiger partial charge on any atom is -1.00 e. The van der Waals surface area contributed by atoms with Gasteiger partial charge in [-0.1, -0.05) is 6.07 Å². The maximum absolute atomic E-state index is 5.39. The molecule has 0 aromatic heterocycles. The number of fused-ring (bicyclic) bond motifs is 1. The van der Waals surface area contributed by atoms with Crippen molar-refractivity contribution in [2.24, 2.45) is 0 Å². The zero-order valence-electron chi connectivity index (χ0n) is 14.3. The third-order valence-electron chi connectivity index (χ3n) is 4.22. The fraction of sp³-hybridized carbons (Fsp3) is 0.278. The SMILES string of the molecule is COc1cc(CC2=[NH+]CCc3cc(OC)c(OBr)cc32)ccc1OBr.[Cl-]. The molecule has 0 unspecified atom stereocenters. The Morgan fingerprint density at radius 3 is 2.27 bits per heavy atom. The molecule has 2 aromatic rings. The molecule has 1 heterocycles. The van der Waals surface area contributed by atoms with Gasteiger partial charge in [-0.25, -0.2) is 4.99 Å². The number of halogens is 3. The first-order valence-electron chi connectivity index (χ1n) is 7.75. The summed E-state index contributed by atoms with van der Waals surface area (Å²) in [5, 5.41) is 0. The maximum atomic E-state index is 5.39. The molecule has 0 atom stereocenters. The van der Waals surface area contributed by atoms with E-state index in [2.05, 4.69) is 37.5 Å². The topological polar surface area (TPSA) is 50.9 Å². The lowest BCUT2D eigenvalue weighted by atomic mass is 9.93. The first kappa shape index (κ1) is 20.9. The van der Waals surface area contributed by atoms with Gasteiger partial charge in [0, 0.05) is 12.0 Å². The van der Waals surface area contributed by atoms with Crippen molar-refractivity contribution in [3.05, 3.63) is 47.0 Å². The van der Waals surface area contributed by atoms with Crippen molar-refractivity contribution in [3.63, 3.8) is 0 Å². The molecule has 0 radical (unpaired) electrons. The van der Waals surface area contributed by atoms with Crippen LogP contribution in [0, 0.1) is 0 Å². The normalized spacial score (nSPS) is 12.4. The second kappa shape index (κ2) is 9.48. The molecule has 1 aliphatic rings. The van der Waals surface area contributed by atoms with E-state index >= 15 is 0 Å². The molecule has 0 fully saturated rings. The Bertz CT molecular complexity index is 814. The third-order valence-corrected chi connectivity index (χ3v) is 4.92. The third kappa shape index (κ3) is 4.27. The van der Waals surface area contributed by atoms with Gasteiger partial charge in [-0.2, -0.15) is 0 Å². The van der Waals surface area contributed by atoms with E-state index in [1.807, 2.05) is 30.3 Å². The van der Waals surface area contributed by atoms with E-state index in [-0.39, 0.29) is 12.4 Å². The summed E-state index contributed by atoms with van der Waals surface area (Å²) >= 11 is 6.05. The first-order valence-corrected chi connectivity index (χ1v) is 9.04. The smallest absolute Gasteiger partial charge is 0.186 e. The standard InChI is InChI=1S/C18H17Br2NO4.ClH/c1-22-16-8-11(3-4-15(16)24-19)7-14-13-10-18(25-20)17(23-2)9-12(13)5-6-21-14;/h3-4,8-10H,5-7H2,1-2H3;1H. The van der Waals surface area contributed by atoms with Crippen molar-refractivity contribution in [2.75, 3.05) is 20.8 Å². The fourth-order valence-electron chi connectivity index (χ4n) is 3.00. The molecule has 3 rings (SSSR count). The molecule has 5 nitrogen and oxygen atoms in total. The van der Waals surface area contributed by atoms with E-state index in [0.717, 1.165) is 42.0 Å². The largest absolute Gasteiger partial charge is 1.00 e. The lowest BCUT2D eigenvalue weighted by molar-refractivity contribution is -0.458. The molecule has 0 spiro atoms. The van der Waals surface area contributed by atoms with Crippen LogP contribution >= 0.6 is 32.5 Å². The zero-order chi connectivity index (χ0) is 17.8. The minimum absolute atomic E-state index is 0. The van der Waals surface area contributed by atoms with Gasteiger partial charge >= 0.3 is 0 Å². The Labute approximate surface area is 176 Å². The molecular formula is C18H18Br2ClNO4. The number of nitrogens with one attached hydrogen (secondary N) is 1. The lowest BCUT2D eigenvalue weighted by Crippen LogP contribution is -3.00. The molecule has 0 saturated carbocycles. The van der Waals surface area contributed by atoms with E-state index in [1.165, 1.54) is 5.56 Å². The van der Waals surface area contributed by atoms with Crippen LogP contribution in [0.2, 0.25) is 0 Å². The predicted octanol–water partition coefficient (Wildman–Crippen LogP) is -0.246. The van der Waals surface area contributed by atoms with Crippen LogP contribution in [0.4, 0.5) is 0 Å². The van der Waals surface area contributed by atoms with Gasteiger partial charge in [0.25, 0.3) is 0 Å². The number of hydrogen-bond acceptors (Lipinski definition) is 4. The molecule has 0 bridgehead atoms. The van der Waals surface area contributed by atoms with Crippen molar-refractivity contribution in [3.8, 4) is 23.0 Å². The van der Waals surface area contributed by atoms with Crippen molar-refractivity contribution in [1.82, 2.24) is 0 Å². The Morgan fingerprint density at radius 2 is 1.62 bits per heavy atom. The molecule has 0 amide bonds. The Balaban J connectivity index is 0.00000243. The van der Waals surface area contributed by atoms with Crippen molar-refractivity contribution in [2.45, 2.75) is 12.8 Å². The molecule has 8 heteroatoms. The van der Waals surface area contributed by atoms with Crippen LogP contribution in [0.25, 0.3) is 0 Å². The van der Waals surface area contributed by atoms with Gasteiger partial charge in [0.2, 0.25) is 0 Å². The molecule has 1 aliphatic heterocycles. The van der Waals surface area contributed by atoms with Gasteiger partial charge < -0.3 is 29.5 Å². The van der Waals surface area contributed by atoms with E-state index in [9.17, 15) is 0 Å². The highest BCUT2D eigenvalue weighted by atomic mass is 79.9. The molecule has 1 N–H and O–H groups in total. The molecule has 0 saturated heterocycles. The van der Waals surface area contributed by atoms with E-state index in [4.69, 9.17) is 17.1 Å². The average molecular weight is 508 g/mol. The van der Waals surface area contributed by atoms with E-state index in [1.54, 1.807) is 14.2 Å².